The Bertz CT molecular complexity index is 117. The van der Waals surface area contributed by atoms with Crippen molar-refractivity contribution in [2.75, 3.05) is 0 Å². The number of thioether (sulfide) groups is 2. The van der Waals surface area contributed by atoms with Crippen LogP contribution in [-0.2, 0) is 0 Å². The van der Waals surface area contributed by atoms with E-state index in [1.807, 2.05) is 11.8 Å². The van der Waals surface area contributed by atoms with Crippen molar-refractivity contribution in [2.24, 2.45) is 0 Å². The zero-order valence-electron chi connectivity index (χ0n) is 4.05. The average Bonchev–Trinajstić information content (AvgIpc) is 1.69. The van der Waals surface area contributed by atoms with Crippen LogP contribution in [0.5, 0.6) is 0 Å². The molecule has 0 aromatic heterocycles. The molecule has 0 fully saturated rings. The van der Waals surface area contributed by atoms with E-state index < -0.39 is 0 Å². The van der Waals surface area contributed by atoms with Gasteiger partial charge in [-0.05, 0) is 20.8 Å². The van der Waals surface area contributed by atoms with Crippen molar-refractivity contribution in [3.8, 4) is 0 Å². The molecule has 3 heteroatoms. The van der Waals surface area contributed by atoms with Crippen LogP contribution in [0.2, 0.25) is 0 Å². The molecule has 38 valence electrons. The van der Waals surface area contributed by atoms with Crippen molar-refractivity contribution in [3.05, 3.63) is 20.8 Å². The van der Waals surface area contributed by atoms with Crippen LogP contribution >= 0.6 is 23.5 Å². The Labute approximate surface area is 54.9 Å². The molecule has 0 spiro atoms. The van der Waals surface area contributed by atoms with Gasteiger partial charge in [-0.1, -0.05) is 0 Å². The molecule has 0 saturated carbocycles. The van der Waals surface area contributed by atoms with Gasteiger partial charge in [0, 0.05) is 10.2 Å². The van der Waals surface area contributed by atoms with Crippen LogP contribution in [-0.4, -0.2) is 10.2 Å². The van der Waals surface area contributed by atoms with E-state index in [2.05, 4.69) is 16.2 Å². The largest absolute Gasteiger partial charge is 0.107 e. The third-order valence-corrected chi connectivity index (χ3v) is 3.90. The first-order valence-corrected chi connectivity index (χ1v) is 4.86. The number of rotatable bonds is 0. The summed E-state index contributed by atoms with van der Waals surface area (Å²) in [5, 5.41) is 6.44. The van der Waals surface area contributed by atoms with Crippen LogP contribution in [0, 0.1) is 0 Å². The minimum Gasteiger partial charge on any atom is -0.107 e. The zero-order chi connectivity index (χ0) is 5.11. The lowest BCUT2D eigenvalue weighted by atomic mass is 11.2. The van der Waals surface area contributed by atoms with Crippen LogP contribution in [0.25, 0.3) is 0 Å². The van der Waals surface area contributed by atoms with E-state index in [-0.39, 0.29) is 0 Å². The molecule has 1 rings (SSSR count). The van der Waals surface area contributed by atoms with Crippen LogP contribution < -0.4 is 0 Å². The van der Waals surface area contributed by atoms with Crippen molar-refractivity contribution in [3.63, 3.8) is 0 Å². The first kappa shape index (κ1) is 5.53. The maximum atomic E-state index is 2.21. The fourth-order valence-corrected chi connectivity index (χ4v) is 2.50. The van der Waals surface area contributed by atoms with Crippen LogP contribution in [0.15, 0.2) is 20.8 Å². The van der Waals surface area contributed by atoms with Gasteiger partial charge in [-0.2, -0.15) is 0 Å². The fourth-order valence-electron chi connectivity index (χ4n) is 0.330. The van der Waals surface area contributed by atoms with Gasteiger partial charge in [0.25, 0.3) is 0 Å². The molecule has 0 atom stereocenters. The van der Waals surface area contributed by atoms with Crippen molar-refractivity contribution >= 4 is 33.8 Å². The summed E-state index contributed by atoms with van der Waals surface area (Å²) in [7, 11) is 1.20. The summed E-state index contributed by atoms with van der Waals surface area (Å²) in [4.78, 5) is 0. The summed E-state index contributed by atoms with van der Waals surface area (Å²) in [6.07, 6.45) is 0. The Hall–Kier alpha value is 0.397. The second-order valence-electron chi connectivity index (χ2n) is 1.25. The lowest BCUT2D eigenvalue weighted by Gasteiger charge is -1.96. The minimum atomic E-state index is 1.20. The second-order valence-corrected chi connectivity index (χ2v) is 4.99. The van der Waals surface area contributed by atoms with Crippen molar-refractivity contribution in [2.45, 2.75) is 0 Å². The van der Waals surface area contributed by atoms with Crippen LogP contribution in [0.4, 0.5) is 0 Å². The lowest BCUT2D eigenvalue weighted by Crippen LogP contribution is -1.70. The summed E-state index contributed by atoms with van der Waals surface area (Å²) in [6, 6.07) is 0. The summed E-state index contributed by atoms with van der Waals surface area (Å²) < 4.78 is 1.52. The van der Waals surface area contributed by atoms with Crippen molar-refractivity contribution in [1.29, 1.82) is 0 Å². The number of hydrogen-bond donors (Lipinski definition) is 0. The smallest absolute Gasteiger partial charge is 0.0478 e. The summed E-state index contributed by atoms with van der Waals surface area (Å²) in [5.74, 6) is 0. The molecule has 7 heavy (non-hydrogen) atoms. The minimum absolute atomic E-state index is 1.20. The first-order valence-electron chi connectivity index (χ1n) is 2.03. The highest BCUT2D eigenvalue weighted by Crippen LogP contribution is 2.24. The Morgan fingerprint density at radius 3 is 2.57 bits per heavy atom. The maximum Gasteiger partial charge on any atom is 0.0478 e. The quantitative estimate of drug-likeness (QED) is 0.469. The highest BCUT2D eigenvalue weighted by molar-refractivity contribution is 8.12. The fraction of sp³-hybridized carbons (Fsp3) is 0. The van der Waals surface area contributed by atoms with Gasteiger partial charge in [0.05, 0.1) is 0 Å². The number of hydrogen-bond acceptors (Lipinski definition) is 2. The average molecular weight is 146 g/mol. The molecule has 0 amide bonds. The van der Waals surface area contributed by atoms with Crippen LogP contribution in [0.3, 0.4) is 0 Å². The topological polar surface area (TPSA) is 0 Å². The highest BCUT2D eigenvalue weighted by Gasteiger charge is 1.88. The predicted molar refractivity (Wildman–Crippen MR) is 42.3 cm³/mol. The predicted octanol–water partition coefficient (Wildman–Crippen LogP) is 1.10. The van der Waals surface area contributed by atoms with E-state index in [4.69, 9.17) is 0 Å². The molecule has 0 saturated heterocycles. The van der Waals surface area contributed by atoms with E-state index in [1.165, 1.54) is 14.8 Å². The second kappa shape index (κ2) is 2.64. The molecule has 1 aliphatic rings. The van der Waals surface area contributed by atoms with E-state index in [0.29, 0.717) is 0 Å². The molecule has 0 nitrogen and oxygen atoms in total. The van der Waals surface area contributed by atoms with Crippen molar-refractivity contribution < 1.29 is 0 Å². The standard InChI is InChI=1S/C4H6S2Si/c7-4-3-5-1-2-6-4/h1-3H,7H3. The van der Waals surface area contributed by atoms with Gasteiger partial charge in [0.2, 0.25) is 0 Å². The molecule has 0 bridgehead atoms. The Morgan fingerprint density at radius 1 is 1.43 bits per heavy atom. The van der Waals surface area contributed by atoms with E-state index in [0.717, 1.165) is 0 Å². The summed E-state index contributed by atoms with van der Waals surface area (Å²) >= 11 is 3.61. The van der Waals surface area contributed by atoms with E-state index >= 15 is 0 Å². The molecule has 0 radical (unpaired) electrons. The van der Waals surface area contributed by atoms with Gasteiger partial charge in [-0.15, -0.1) is 23.5 Å². The molecule has 1 heterocycles. The summed E-state index contributed by atoms with van der Waals surface area (Å²) in [6.45, 7) is 0. The van der Waals surface area contributed by atoms with Gasteiger partial charge in [0.1, 0.15) is 0 Å². The van der Waals surface area contributed by atoms with E-state index in [1.54, 1.807) is 11.8 Å². The molecule has 0 aromatic rings. The normalized spacial score (nSPS) is 19.7. The third-order valence-electron chi connectivity index (χ3n) is 0.622. The summed E-state index contributed by atoms with van der Waals surface area (Å²) in [5.41, 5.74) is 0. The monoisotopic (exact) mass is 146 g/mol. The van der Waals surface area contributed by atoms with E-state index in [9.17, 15) is 0 Å². The first-order chi connectivity index (χ1) is 3.39. The lowest BCUT2D eigenvalue weighted by molar-refractivity contribution is 2.33. The Balaban J connectivity index is 2.50. The van der Waals surface area contributed by atoms with Crippen LogP contribution in [0.1, 0.15) is 0 Å². The third kappa shape index (κ3) is 1.75. The molecule has 0 aromatic carbocycles. The molecular formula is C4H6S2Si. The molecule has 0 N–H and O–H groups in total. The van der Waals surface area contributed by atoms with Gasteiger partial charge in [0.15, 0.2) is 0 Å². The SMILES string of the molecule is [SiH3]C1=CSC=CS1. The van der Waals surface area contributed by atoms with Gasteiger partial charge in [-0.25, -0.2) is 0 Å². The highest BCUT2D eigenvalue weighted by atomic mass is 32.2. The molecule has 0 aliphatic carbocycles. The molecule has 1 aliphatic heterocycles. The molecular weight excluding hydrogens is 140 g/mol. The molecule has 0 unspecified atom stereocenters. The Morgan fingerprint density at radius 2 is 2.29 bits per heavy atom. The zero-order valence-corrected chi connectivity index (χ0v) is 7.68. The van der Waals surface area contributed by atoms with Gasteiger partial charge < -0.3 is 0 Å². The van der Waals surface area contributed by atoms with Gasteiger partial charge >= 0.3 is 0 Å². The van der Waals surface area contributed by atoms with Crippen molar-refractivity contribution in [1.82, 2.24) is 0 Å². The Kier molecular flexibility index (Phi) is 2.09. The van der Waals surface area contributed by atoms with Gasteiger partial charge in [-0.3, -0.25) is 0 Å². The maximum absolute atomic E-state index is 2.21.